The van der Waals surface area contributed by atoms with Crippen LogP contribution >= 0.6 is 0 Å². The van der Waals surface area contributed by atoms with Crippen LogP contribution in [-0.4, -0.2) is 16.6 Å². The van der Waals surface area contributed by atoms with Gasteiger partial charge in [0.1, 0.15) is 17.4 Å². The molecule has 0 unspecified atom stereocenters. The zero-order chi connectivity index (χ0) is 22.5. The van der Waals surface area contributed by atoms with Crippen LogP contribution in [-0.2, 0) is 4.79 Å². The van der Waals surface area contributed by atoms with Crippen LogP contribution in [0.25, 0.3) is 11.8 Å². The quantitative estimate of drug-likeness (QED) is 0.414. The highest BCUT2D eigenvalue weighted by molar-refractivity contribution is 6.09. The Bertz CT molecular complexity index is 1150. The molecular weight excluding hydrogens is 386 g/mol. The van der Waals surface area contributed by atoms with Crippen molar-refractivity contribution in [2.45, 2.75) is 40.7 Å². The number of hydrogen-bond donors (Lipinski definition) is 1. The number of amides is 1. The zero-order valence-electron chi connectivity index (χ0n) is 18.6. The van der Waals surface area contributed by atoms with Crippen LogP contribution in [0.2, 0.25) is 0 Å². The van der Waals surface area contributed by atoms with Crippen molar-refractivity contribution in [2.75, 3.05) is 5.32 Å². The highest BCUT2D eigenvalue weighted by Gasteiger charge is 2.14. The summed E-state index contributed by atoms with van der Waals surface area (Å²) in [5, 5.41) is 12.4. The van der Waals surface area contributed by atoms with Gasteiger partial charge >= 0.3 is 0 Å². The van der Waals surface area contributed by atoms with E-state index >= 15 is 0 Å². The standard InChI is InChI=1S/C26H27N3O2/c1-17(2)31-25-12-10-24(11-13-25)29-19(4)14-21(20(29)5)15-22(16-27)26(30)28-23-8-6-18(3)7-9-23/h6-15,17H,1-5H3,(H,28,30)/b22-15-. The highest BCUT2D eigenvalue weighted by Crippen LogP contribution is 2.25. The second kappa shape index (κ2) is 9.36. The lowest BCUT2D eigenvalue weighted by Gasteiger charge is -2.13. The summed E-state index contributed by atoms with van der Waals surface area (Å²) in [5.41, 5.74) is 5.60. The molecule has 0 fully saturated rings. The van der Waals surface area contributed by atoms with Crippen LogP contribution in [0, 0.1) is 32.1 Å². The van der Waals surface area contributed by atoms with Gasteiger partial charge in [-0.25, -0.2) is 0 Å². The highest BCUT2D eigenvalue weighted by atomic mass is 16.5. The second-order valence-electron chi connectivity index (χ2n) is 7.81. The van der Waals surface area contributed by atoms with Crippen LogP contribution < -0.4 is 10.1 Å². The molecule has 0 radical (unpaired) electrons. The first kappa shape index (κ1) is 21.9. The summed E-state index contributed by atoms with van der Waals surface area (Å²) in [5.74, 6) is 0.396. The average molecular weight is 414 g/mol. The third-order valence-electron chi connectivity index (χ3n) is 4.91. The Morgan fingerprint density at radius 1 is 1.06 bits per heavy atom. The Kier molecular flexibility index (Phi) is 6.61. The van der Waals surface area contributed by atoms with Gasteiger partial charge in [0.15, 0.2) is 0 Å². The second-order valence-corrected chi connectivity index (χ2v) is 7.81. The number of hydrogen-bond acceptors (Lipinski definition) is 3. The minimum Gasteiger partial charge on any atom is -0.491 e. The van der Waals surface area contributed by atoms with E-state index in [2.05, 4.69) is 9.88 Å². The predicted octanol–water partition coefficient (Wildman–Crippen LogP) is 5.74. The van der Waals surface area contributed by atoms with Crippen molar-refractivity contribution >= 4 is 17.7 Å². The van der Waals surface area contributed by atoms with E-state index in [9.17, 15) is 10.1 Å². The molecule has 0 spiro atoms. The van der Waals surface area contributed by atoms with Gasteiger partial charge in [0.25, 0.3) is 5.91 Å². The fourth-order valence-corrected chi connectivity index (χ4v) is 3.42. The molecule has 5 nitrogen and oxygen atoms in total. The number of anilines is 1. The van der Waals surface area contributed by atoms with Crippen molar-refractivity contribution < 1.29 is 9.53 Å². The number of nitrogens with zero attached hydrogens (tertiary/aromatic N) is 2. The van der Waals surface area contributed by atoms with Gasteiger partial charge in [-0.05, 0) is 88.7 Å². The largest absolute Gasteiger partial charge is 0.491 e. The first-order valence-corrected chi connectivity index (χ1v) is 10.2. The fourth-order valence-electron chi connectivity index (χ4n) is 3.42. The van der Waals surface area contributed by atoms with E-state index in [1.54, 1.807) is 6.08 Å². The van der Waals surface area contributed by atoms with E-state index in [1.807, 2.05) is 95.3 Å². The number of carbonyl (C=O) groups excluding carboxylic acids is 1. The summed E-state index contributed by atoms with van der Waals surface area (Å²) in [4.78, 5) is 12.6. The van der Waals surface area contributed by atoms with E-state index in [-0.39, 0.29) is 11.7 Å². The number of benzene rings is 2. The lowest BCUT2D eigenvalue weighted by atomic mass is 10.1. The lowest BCUT2D eigenvalue weighted by molar-refractivity contribution is -0.112. The van der Waals surface area contributed by atoms with Crippen molar-refractivity contribution in [1.82, 2.24) is 4.57 Å². The van der Waals surface area contributed by atoms with E-state index in [1.165, 1.54) is 0 Å². The molecule has 0 aliphatic rings. The first-order chi connectivity index (χ1) is 14.8. The lowest BCUT2D eigenvalue weighted by Crippen LogP contribution is -2.13. The fraction of sp³-hybridized carbons (Fsp3) is 0.231. The van der Waals surface area contributed by atoms with Gasteiger partial charge in [0, 0.05) is 22.8 Å². The van der Waals surface area contributed by atoms with Gasteiger partial charge in [-0.3, -0.25) is 4.79 Å². The van der Waals surface area contributed by atoms with Crippen molar-refractivity contribution in [3.63, 3.8) is 0 Å². The number of rotatable bonds is 6. The maximum Gasteiger partial charge on any atom is 0.266 e. The Morgan fingerprint density at radius 3 is 2.29 bits per heavy atom. The Morgan fingerprint density at radius 2 is 1.71 bits per heavy atom. The van der Waals surface area contributed by atoms with E-state index in [0.717, 1.165) is 34.0 Å². The van der Waals surface area contributed by atoms with E-state index in [4.69, 9.17) is 4.74 Å². The van der Waals surface area contributed by atoms with Crippen molar-refractivity contribution in [3.8, 4) is 17.5 Å². The minimum absolute atomic E-state index is 0.0570. The molecule has 158 valence electrons. The first-order valence-electron chi connectivity index (χ1n) is 10.2. The molecule has 1 N–H and O–H groups in total. The topological polar surface area (TPSA) is 67.0 Å². The molecule has 5 heteroatoms. The summed E-state index contributed by atoms with van der Waals surface area (Å²) in [6, 6.07) is 19.4. The molecular formula is C26H27N3O2. The molecule has 2 aromatic carbocycles. The number of aryl methyl sites for hydroxylation is 2. The van der Waals surface area contributed by atoms with Gasteiger partial charge in [-0.1, -0.05) is 17.7 Å². The minimum atomic E-state index is -0.425. The van der Waals surface area contributed by atoms with E-state index < -0.39 is 5.91 Å². The molecule has 0 atom stereocenters. The molecule has 31 heavy (non-hydrogen) atoms. The SMILES string of the molecule is Cc1ccc(NC(=O)/C(C#N)=C\c2cc(C)n(-c3ccc(OC(C)C)cc3)c2C)cc1. The molecule has 0 aliphatic carbocycles. The number of nitriles is 1. The van der Waals surface area contributed by atoms with Gasteiger partial charge < -0.3 is 14.6 Å². The van der Waals surface area contributed by atoms with Crippen molar-refractivity contribution in [1.29, 1.82) is 5.26 Å². The van der Waals surface area contributed by atoms with E-state index in [0.29, 0.717) is 5.69 Å². The average Bonchev–Trinajstić information content (AvgIpc) is 3.01. The van der Waals surface area contributed by atoms with Gasteiger partial charge in [-0.2, -0.15) is 5.26 Å². The molecule has 1 aromatic heterocycles. The molecule has 0 bridgehead atoms. The third kappa shape index (κ3) is 5.23. The van der Waals surface area contributed by atoms with Crippen LogP contribution in [0.4, 0.5) is 5.69 Å². The van der Waals surface area contributed by atoms with Crippen molar-refractivity contribution in [3.05, 3.63) is 82.7 Å². The third-order valence-corrected chi connectivity index (χ3v) is 4.91. The van der Waals surface area contributed by atoms with Gasteiger partial charge in [0.05, 0.1) is 6.10 Å². The molecule has 0 saturated carbocycles. The molecule has 0 saturated heterocycles. The van der Waals surface area contributed by atoms with Gasteiger partial charge in [-0.15, -0.1) is 0 Å². The molecule has 1 amide bonds. The maximum atomic E-state index is 12.6. The van der Waals surface area contributed by atoms with Crippen LogP contribution in [0.5, 0.6) is 5.75 Å². The van der Waals surface area contributed by atoms with Gasteiger partial charge in [0.2, 0.25) is 0 Å². The smallest absolute Gasteiger partial charge is 0.266 e. The van der Waals surface area contributed by atoms with Crippen LogP contribution in [0.3, 0.4) is 0 Å². The number of carbonyl (C=O) groups is 1. The Labute approximate surface area is 183 Å². The van der Waals surface area contributed by atoms with Crippen LogP contribution in [0.15, 0.2) is 60.2 Å². The molecule has 1 heterocycles. The number of nitrogens with one attached hydrogen (secondary N) is 1. The molecule has 3 aromatic rings. The van der Waals surface area contributed by atoms with Crippen molar-refractivity contribution in [2.24, 2.45) is 0 Å². The summed E-state index contributed by atoms with van der Waals surface area (Å²) >= 11 is 0. The Hall–Kier alpha value is -3.78. The molecule has 0 aliphatic heterocycles. The normalized spacial score (nSPS) is 11.3. The number of aromatic nitrogens is 1. The molecule has 3 rings (SSSR count). The monoisotopic (exact) mass is 413 g/mol. The zero-order valence-corrected chi connectivity index (χ0v) is 18.6. The summed E-state index contributed by atoms with van der Waals surface area (Å²) in [7, 11) is 0. The predicted molar refractivity (Wildman–Crippen MR) is 124 cm³/mol. The van der Waals surface area contributed by atoms with Crippen LogP contribution in [0.1, 0.15) is 36.4 Å². The summed E-state index contributed by atoms with van der Waals surface area (Å²) in [6.07, 6.45) is 1.76. The number of ether oxygens (including phenoxy) is 1. The summed E-state index contributed by atoms with van der Waals surface area (Å²) < 4.78 is 7.82. The Balaban J connectivity index is 1.87. The maximum absolute atomic E-state index is 12.6. The summed E-state index contributed by atoms with van der Waals surface area (Å²) in [6.45, 7) is 9.95.